The molecule has 0 N–H and O–H groups in total. The maximum atomic E-state index is 6.71. The van der Waals surface area contributed by atoms with Crippen molar-refractivity contribution in [2.75, 3.05) is 24.6 Å². The quantitative estimate of drug-likeness (QED) is 0.296. The summed E-state index contributed by atoms with van der Waals surface area (Å²) < 4.78 is 6.71. The molecule has 5 rings (SSSR count). The number of benzene rings is 1. The van der Waals surface area contributed by atoms with Gasteiger partial charge < -0.3 is 9.64 Å². The van der Waals surface area contributed by atoms with Gasteiger partial charge in [0.15, 0.2) is 0 Å². The average molecular weight is 502 g/mol. The number of fused-ring (bicyclic) bond motifs is 2. The topological polar surface area (TPSA) is 12.5 Å². The van der Waals surface area contributed by atoms with Crippen molar-refractivity contribution in [1.82, 2.24) is 0 Å². The van der Waals surface area contributed by atoms with E-state index < -0.39 is 0 Å². The lowest BCUT2D eigenvalue weighted by Gasteiger charge is -2.46. The van der Waals surface area contributed by atoms with Gasteiger partial charge in [-0.05, 0) is 86.5 Å². The standard InChI is InChI=1S/C35H51NO/c1-5-6-7-8-9-10-12-28-15-16-31(28)23-36-24-35(20-11-13-30-21-27(4)14-18-32(30)35)25-37-34-19-17-29(26(2)3)22-33(34)36/h14,17-19,22,27-28,31H,2,5-13,15-16,20-21,23-25H2,1,3-4H3. The Morgan fingerprint density at radius 2 is 1.92 bits per heavy atom. The van der Waals surface area contributed by atoms with Crippen molar-refractivity contribution in [2.24, 2.45) is 23.2 Å². The summed E-state index contributed by atoms with van der Waals surface area (Å²) in [7, 11) is 0. The molecule has 202 valence electrons. The Labute approximate surface area is 227 Å². The summed E-state index contributed by atoms with van der Waals surface area (Å²) in [4.78, 5) is 2.76. The number of ether oxygens (including phenoxy) is 1. The zero-order chi connectivity index (χ0) is 25.8. The lowest BCUT2D eigenvalue weighted by Crippen LogP contribution is -2.46. The summed E-state index contributed by atoms with van der Waals surface area (Å²) in [6.07, 6.45) is 22.7. The molecule has 3 aliphatic carbocycles. The van der Waals surface area contributed by atoms with Gasteiger partial charge in [-0.1, -0.05) is 94.7 Å². The number of anilines is 1. The number of rotatable bonds is 10. The zero-order valence-corrected chi connectivity index (χ0v) is 24.0. The highest BCUT2D eigenvalue weighted by Crippen LogP contribution is 2.50. The summed E-state index contributed by atoms with van der Waals surface area (Å²) in [6, 6.07) is 6.79. The maximum absolute atomic E-state index is 6.71. The lowest BCUT2D eigenvalue weighted by atomic mass is 9.66. The molecule has 37 heavy (non-hydrogen) atoms. The van der Waals surface area contributed by atoms with Crippen LogP contribution in [0.15, 0.2) is 48.1 Å². The Morgan fingerprint density at radius 1 is 1.11 bits per heavy atom. The second kappa shape index (κ2) is 11.8. The van der Waals surface area contributed by atoms with Crippen LogP contribution in [0.2, 0.25) is 0 Å². The van der Waals surface area contributed by atoms with E-state index in [-0.39, 0.29) is 5.41 Å². The third-order valence-corrected chi connectivity index (χ3v) is 9.99. The second-order valence-corrected chi connectivity index (χ2v) is 13.0. The molecule has 1 spiro atoms. The van der Waals surface area contributed by atoms with E-state index in [0.29, 0.717) is 5.92 Å². The fourth-order valence-corrected chi connectivity index (χ4v) is 7.58. The smallest absolute Gasteiger partial charge is 0.142 e. The van der Waals surface area contributed by atoms with Crippen molar-refractivity contribution in [2.45, 2.75) is 104 Å². The highest BCUT2D eigenvalue weighted by molar-refractivity contribution is 5.71. The normalized spacial score (nSPS) is 28.8. The van der Waals surface area contributed by atoms with Gasteiger partial charge >= 0.3 is 0 Å². The van der Waals surface area contributed by atoms with E-state index in [1.807, 2.05) is 0 Å². The highest BCUT2D eigenvalue weighted by atomic mass is 16.5. The van der Waals surface area contributed by atoms with E-state index in [9.17, 15) is 0 Å². The van der Waals surface area contributed by atoms with Crippen molar-refractivity contribution < 1.29 is 4.74 Å². The Hall–Kier alpha value is -1.96. The molecule has 1 aromatic rings. The lowest BCUT2D eigenvalue weighted by molar-refractivity contribution is 0.150. The van der Waals surface area contributed by atoms with Gasteiger partial charge in [0.05, 0.1) is 12.3 Å². The molecule has 1 aromatic carbocycles. The molecule has 1 heterocycles. The van der Waals surface area contributed by atoms with Crippen LogP contribution in [-0.4, -0.2) is 19.7 Å². The SMILES string of the molecule is C=C(C)c1ccc2c(c1)N(CC1CCC1CCCCCCCC)CC1(CCCC3=C1C=CC(C)C3)CO2. The molecule has 0 bridgehead atoms. The van der Waals surface area contributed by atoms with Gasteiger partial charge in [-0.3, -0.25) is 0 Å². The van der Waals surface area contributed by atoms with Gasteiger partial charge in [0, 0.05) is 18.5 Å². The molecule has 4 atom stereocenters. The Kier molecular flexibility index (Phi) is 8.52. The number of nitrogens with zero attached hydrogens (tertiary/aromatic N) is 1. The third-order valence-electron chi connectivity index (χ3n) is 9.99. The van der Waals surface area contributed by atoms with Crippen LogP contribution in [0.5, 0.6) is 5.75 Å². The third kappa shape index (κ3) is 5.89. The van der Waals surface area contributed by atoms with Crippen LogP contribution >= 0.6 is 0 Å². The van der Waals surface area contributed by atoms with Crippen LogP contribution in [0.25, 0.3) is 5.57 Å². The number of hydrogen-bond donors (Lipinski definition) is 0. The monoisotopic (exact) mass is 501 g/mol. The molecule has 1 aliphatic heterocycles. The summed E-state index contributed by atoms with van der Waals surface area (Å²) in [5.41, 5.74) is 7.14. The molecule has 4 unspecified atom stereocenters. The first-order valence-electron chi connectivity index (χ1n) is 15.6. The fraction of sp³-hybridized carbons (Fsp3) is 0.657. The van der Waals surface area contributed by atoms with Crippen molar-refractivity contribution in [3.8, 4) is 5.75 Å². The van der Waals surface area contributed by atoms with Crippen molar-refractivity contribution >= 4 is 11.3 Å². The van der Waals surface area contributed by atoms with E-state index >= 15 is 0 Å². The first-order valence-corrected chi connectivity index (χ1v) is 15.6. The Balaban J connectivity index is 1.36. The van der Waals surface area contributed by atoms with Gasteiger partial charge in [-0.25, -0.2) is 0 Å². The molecule has 0 radical (unpaired) electrons. The number of hydrogen-bond acceptors (Lipinski definition) is 2. The minimum Gasteiger partial charge on any atom is -0.490 e. The minimum absolute atomic E-state index is 0.116. The van der Waals surface area contributed by atoms with E-state index in [1.54, 1.807) is 11.1 Å². The molecule has 0 saturated heterocycles. The molecule has 2 nitrogen and oxygen atoms in total. The van der Waals surface area contributed by atoms with Crippen LogP contribution in [0.1, 0.15) is 110 Å². The van der Waals surface area contributed by atoms with Gasteiger partial charge in [-0.2, -0.15) is 0 Å². The average Bonchev–Trinajstić information content (AvgIpc) is 3.03. The van der Waals surface area contributed by atoms with Crippen LogP contribution < -0.4 is 9.64 Å². The molecule has 2 heteroatoms. The second-order valence-electron chi connectivity index (χ2n) is 13.0. The molecular formula is C35H51NO. The Morgan fingerprint density at radius 3 is 2.70 bits per heavy atom. The molecular weight excluding hydrogens is 450 g/mol. The minimum atomic E-state index is 0.116. The number of unbranched alkanes of at least 4 members (excludes halogenated alkanes) is 5. The molecule has 0 amide bonds. The van der Waals surface area contributed by atoms with E-state index in [0.717, 1.165) is 36.3 Å². The zero-order valence-electron chi connectivity index (χ0n) is 24.0. The fourth-order valence-electron chi connectivity index (χ4n) is 7.58. The van der Waals surface area contributed by atoms with E-state index in [4.69, 9.17) is 4.74 Å². The van der Waals surface area contributed by atoms with Crippen LogP contribution in [0.4, 0.5) is 5.69 Å². The highest BCUT2D eigenvalue weighted by Gasteiger charge is 2.44. The van der Waals surface area contributed by atoms with Crippen molar-refractivity contribution in [3.05, 3.63) is 53.6 Å². The van der Waals surface area contributed by atoms with E-state index in [2.05, 4.69) is 62.6 Å². The van der Waals surface area contributed by atoms with Crippen LogP contribution in [-0.2, 0) is 0 Å². The van der Waals surface area contributed by atoms with Crippen LogP contribution in [0.3, 0.4) is 0 Å². The van der Waals surface area contributed by atoms with Gasteiger partial charge in [0.25, 0.3) is 0 Å². The Bertz CT molecular complexity index is 1020. The summed E-state index contributed by atoms with van der Waals surface area (Å²) in [5.74, 6) is 3.49. The first-order chi connectivity index (χ1) is 18.0. The maximum Gasteiger partial charge on any atom is 0.142 e. The van der Waals surface area contributed by atoms with E-state index in [1.165, 1.54) is 101 Å². The predicted octanol–water partition coefficient (Wildman–Crippen LogP) is 9.76. The van der Waals surface area contributed by atoms with Gasteiger partial charge in [0.2, 0.25) is 0 Å². The summed E-state index contributed by atoms with van der Waals surface area (Å²) in [6.45, 7) is 14.1. The predicted molar refractivity (Wildman–Crippen MR) is 159 cm³/mol. The van der Waals surface area contributed by atoms with Gasteiger partial charge in [-0.15, -0.1) is 0 Å². The first kappa shape index (κ1) is 26.6. The van der Waals surface area contributed by atoms with Crippen molar-refractivity contribution in [1.29, 1.82) is 0 Å². The summed E-state index contributed by atoms with van der Waals surface area (Å²) in [5, 5.41) is 0. The molecule has 4 aliphatic rings. The molecule has 1 saturated carbocycles. The van der Waals surface area contributed by atoms with Crippen LogP contribution in [0, 0.1) is 23.2 Å². The van der Waals surface area contributed by atoms with Gasteiger partial charge in [0.1, 0.15) is 5.75 Å². The van der Waals surface area contributed by atoms with Crippen molar-refractivity contribution in [3.63, 3.8) is 0 Å². The molecule has 0 aromatic heterocycles. The molecule has 1 fully saturated rings. The summed E-state index contributed by atoms with van der Waals surface area (Å²) >= 11 is 0. The largest absolute Gasteiger partial charge is 0.490 e. The number of allylic oxidation sites excluding steroid dienone is 4.